The maximum atomic E-state index is 11.9. The van der Waals surface area contributed by atoms with Crippen LogP contribution < -0.4 is 5.73 Å². The summed E-state index contributed by atoms with van der Waals surface area (Å²) < 4.78 is 0. The van der Waals surface area contributed by atoms with Crippen LogP contribution in [-0.4, -0.2) is 22.1 Å². The Balaban J connectivity index is 2.03. The first kappa shape index (κ1) is 17.1. The van der Waals surface area contributed by atoms with Crippen LogP contribution in [-0.2, 0) is 4.79 Å². The molecule has 1 aromatic heterocycles. The van der Waals surface area contributed by atoms with Gasteiger partial charge in [-0.15, -0.1) is 0 Å². The Bertz CT molecular complexity index is 1070. The van der Waals surface area contributed by atoms with Gasteiger partial charge >= 0.3 is 5.97 Å². The molecule has 27 heavy (non-hydrogen) atoms. The molecule has 2 unspecified atom stereocenters. The molecule has 4 heteroatoms. The van der Waals surface area contributed by atoms with Crippen LogP contribution >= 0.6 is 0 Å². The van der Waals surface area contributed by atoms with Crippen LogP contribution in [0.2, 0.25) is 0 Å². The van der Waals surface area contributed by atoms with E-state index in [2.05, 4.69) is 4.98 Å². The maximum Gasteiger partial charge on any atom is 0.321 e. The number of carboxylic acids is 1. The van der Waals surface area contributed by atoms with Crippen molar-refractivity contribution in [3.63, 3.8) is 0 Å². The van der Waals surface area contributed by atoms with Gasteiger partial charge < -0.3 is 15.8 Å². The van der Waals surface area contributed by atoms with Crippen molar-refractivity contribution in [2.45, 2.75) is 12.0 Å². The summed E-state index contributed by atoms with van der Waals surface area (Å²) in [5.74, 6) is -1.50. The predicted octanol–water partition coefficient (Wildman–Crippen LogP) is 4.38. The average Bonchev–Trinajstić information content (AvgIpc) is 3.09. The fourth-order valence-corrected chi connectivity index (χ4v) is 3.68. The largest absolute Gasteiger partial charge is 0.480 e. The van der Waals surface area contributed by atoms with Crippen molar-refractivity contribution in [2.75, 3.05) is 0 Å². The zero-order valence-electron chi connectivity index (χ0n) is 14.7. The Labute approximate surface area is 157 Å². The van der Waals surface area contributed by atoms with Crippen molar-refractivity contribution in [3.8, 4) is 11.3 Å². The zero-order chi connectivity index (χ0) is 18.8. The molecule has 4 rings (SSSR count). The van der Waals surface area contributed by atoms with Crippen LogP contribution in [0.4, 0.5) is 0 Å². The highest BCUT2D eigenvalue weighted by atomic mass is 16.4. The molecular formula is C23H20N2O2. The Morgan fingerprint density at radius 1 is 0.852 bits per heavy atom. The van der Waals surface area contributed by atoms with Gasteiger partial charge in [0.2, 0.25) is 0 Å². The van der Waals surface area contributed by atoms with Gasteiger partial charge in [-0.3, -0.25) is 4.79 Å². The van der Waals surface area contributed by atoms with Gasteiger partial charge in [0.1, 0.15) is 6.04 Å². The number of fused-ring (bicyclic) bond motifs is 1. The molecule has 1 heterocycles. The third-order valence-electron chi connectivity index (χ3n) is 4.92. The molecule has 4 N–H and O–H groups in total. The highest BCUT2D eigenvalue weighted by Gasteiger charge is 2.32. The SMILES string of the molecule is NC(C(=O)O)C(c1ccccc1)c1c(-c2ccccc2)[nH]c2ccccc12. The van der Waals surface area contributed by atoms with Crippen LogP contribution in [0.15, 0.2) is 84.9 Å². The number of carbonyl (C=O) groups is 1. The lowest BCUT2D eigenvalue weighted by molar-refractivity contribution is -0.138. The third kappa shape index (κ3) is 3.11. The van der Waals surface area contributed by atoms with Crippen molar-refractivity contribution in [2.24, 2.45) is 5.73 Å². The fourth-order valence-electron chi connectivity index (χ4n) is 3.68. The fraction of sp³-hybridized carbons (Fsp3) is 0.0870. The number of rotatable bonds is 5. The second-order valence-corrected chi connectivity index (χ2v) is 6.58. The number of hydrogen-bond donors (Lipinski definition) is 3. The van der Waals surface area contributed by atoms with Gasteiger partial charge in [0, 0.05) is 16.8 Å². The highest BCUT2D eigenvalue weighted by molar-refractivity contribution is 5.93. The molecule has 134 valence electrons. The molecule has 0 saturated carbocycles. The first-order chi connectivity index (χ1) is 13.2. The van der Waals surface area contributed by atoms with E-state index in [1.165, 1.54) is 0 Å². The summed E-state index contributed by atoms with van der Waals surface area (Å²) in [5.41, 5.74) is 10.9. The van der Waals surface area contributed by atoms with E-state index < -0.39 is 17.9 Å². The third-order valence-corrected chi connectivity index (χ3v) is 4.92. The van der Waals surface area contributed by atoms with E-state index in [0.29, 0.717) is 0 Å². The van der Waals surface area contributed by atoms with Gasteiger partial charge in [-0.05, 0) is 22.8 Å². The number of nitrogens with one attached hydrogen (secondary N) is 1. The molecule has 0 spiro atoms. The summed E-state index contributed by atoms with van der Waals surface area (Å²) in [7, 11) is 0. The van der Waals surface area contributed by atoms with E-state index in [4.69, 9.17) is 5.73 Å². The number of carboxylic acid groups (broad SMARTS) is 1. The summed E-state index contributed by atoms with van der Waals surface area (Å²) in [6.45, 7) is 0. The Morgan fingerprint density at radius 3 is 2.11 bits per heavy atom. The molecule has 0 aliphatic heterocycles. The lowest BCUT2D eigenvalue weighted by Gasteiger charge is -2.23. The Morgan fingerprint density at radius 2 is 1.44 bits per heavy atom. The Hall–Kier alpha value is -3.37. The van der Waals surface area contributed by atoms with Crippen LogP contribution in [0.25, 0.3) is 22.2 Å². The van der Waals surface area contributed by atoms with Crippen LogP contribution in [0.1, 0.15) is 17.0 Å². The number of para-hydroxylation sites is 1. The van der Waals surface area contributed by atoms with Crippen molar-refractivity contribution < 1.29 is 9.90 Å². The molecule has 0 fully saturated rings. The van der Waals surface area contributed by atoms with Gasteiger partial charge in [-0.1, -0.05) is 78.9 Å². The monoisotopic (exact) mass is 356 g/mol. The molecule has 0 saturated heterocycles. The highest BCUT2D eigenvalue weighted by Crippen LogP contribution is 2.40. The number of nitrogens with two attached hydrogens (primary N) is 1. The Kier molecular flexibility index (Phi) is 4.48. The molecule has 0 aliphatic rings. The minimum absolute atomic E-state index is 0.477. The first-order valence-corrected chi connectivity index (χ1v) is 8.86. The quantitative estimate of drug-likeness (QED) is 0.496. The molecule has 2 atom stereocenters. The molecular weight excluding hydrogens is 336 g/mol. The second kappa shape index (κ2) is 7.09. The summed E-state index contributed by atoms with van der Waals surface area (Å²) in [4.78, 5) is 15.3. The smallest absolute Gasteiger partial charge is 0.321 e. The molecule has 0 radical (unpaired) electrons. The maximum absolute atomic E-state index is 11.9. The van der Waals surface area contributed by atoms with E-state index in [1.807, 2.05) is 84.9 Å². The summed E-state index contributed by atoms with van der Waals surface area (Å²) in [5, 5.41) is 10.7. The number of hydrogen-bond acceptors (Lipinski definition) is 2. The normalized spacial score (nSPS) is 13.4. The van der Waals surface area contributed by atoms with Gasteiger partial charge in [-0.2, -0.15) is 0 Å². The topological polar surface area (TPSA) is 79.1 Å². The van der Waals surface area contributed by atoms with Gasteiger partial charge in [0.05, 0.1) is 5.69 Å². The molecule has 3 aromatic carbocycles. The first-order valence-electron chi connectivity index (χ1n) is 8.86. The summed E-state index contributed by atoms with van der Waals surface area (Å²) >= 11 is 0. The summed E-state index contributed by atoms with van der Waals surface area (Å²) in [6, 6.07) is 26.4. The number of aliphatic carboxylic acids is 1. The average molecular weight is 356 g/mol. The van der Waals surface area contributed by atoms with Crippen molar-refractivity contribution in [1.29, 1.82) is 0 Å². The molecule has 0 amide bonds. The van der Waals surface area contributed by atoms with Crippen molar-refractivity contribution in [1.82, 2.24) is 4.98 Å². The molecule has 4 aromatic rings. The van der Waals surface area contributed by atoms with E-state index in [1.54, 1.807) is 0 Å². The molecule has 4 nitrogen and oxygen atoms in total. The number of aromatic amines is 1. The molecule has 0 bridgehead atoms. The lowest BCUT2D eigenvalue weighted by atomic mass is 9.82. The predicted molar refractivity (Wildman–Crippen MR) is 108 cm³/mol. The minimum atomic E-state index is -1.06. The van der Waals surface area contributed by atoms with Crippen molar-refractivity contribution in [3.05, 3.63) is 96.1 Å². The minimum Gasteiger partial charge on any atom is -0.480 e. The van der Waals surface area contributed by atoms with E-state index in [9.17, 15) is 9.90 Å². The van der Waals surface area contributed by atoms with Crippen molar-refractivity contribution >= 4 is 16.9 Å². The van der Waals surface area contributed by atoms with Gasteiger partial charge in [0.25, 0.3) is 0 Å². The van der Waals surface area contributed by atoms with Gasteiger partial charge in [-0.25, -0.2) is 0 Å². The summed E-state index contributed by atoms with van der Waals surface area (Å²) in [6.07, 6.45) is 0. The van der Waals surface area contributed by atoms with E-state index in [0.717, 1.165) is 33.3 Å². The molecule has 0 aliphatic carbocycles. The van der Waals surface area contributed by atoms with E-state index in [-0.39, 0.29) is 0 Å². The number of benzene rings is 3. The second-order valence-electron chi connectivity index (χ2n) is 6.58. The van der Waals surface area contributed by atoms with Gasteiger partial charge in [0.15, 0.2) is 0 Å². The zero-order valence-corrected chi connectivity index (χ0v) is 14.7. The van der Waals surface area contributed by atoms with Crippen LogP contribution in [0.5, 0.6) is 0 Å². The van der Waals surface area contributed by atoms with E-state index >= 15 is 0 Å². The van der Waals surface area contributed by atoms with Crippen LogP contribution in [0.3, 0.4) is 0 Å². The van der Waals surface area contributed by atoms with Crippen LogP contribution in [0, 0.1) is 0 Å². The lowest BCUT2D eigenvalue weighted by Crippen LogP contribution is -2.37. The number of aromatic nitrogens is 1. The number of H-pyrrole nitrogens is 1. The standard InChI is InChI=1S/C23H20N2O2/c24-21(23(26)27)19(15-9-3-1-4-10-15)20-17-13-7-8-14-18(17)25-22(20)16-11-5-2-6-12-16/h1-14,19,21,25H,24H2,(H,26,27).